The van der Waals surface area contributed by atoms with Crippen molar-refractivity contribution in [3.05, 3.63) is 107 Å². The third kappa shape index (κ3) is 8.61. The van der Waals surface area contributed by atoms with Crippen molar-refractivity contribution >= 4 is 5.97 Å². The lowest BCUT2D eigenvalue weighted by Gasteiger charge is -2.34. The highest BCUT2D eigenvalue weighted by Crippen LogP contribution is 2.42. The molecule has 44 heavy (non-hydrogen) atoms. The summed E-state index contributed by atoms with van der Waals surface area (Å²) >= 11 is 0. The van der Waals surface area contributed by atoms with Crippen LogP contribution in [0.4, 0.5) is 0 Å². The average molecular weight is 600 g/mol. The van der Waals surface area contributed by atoms with Gasteiger partial charge in [-0.2, -0.15) is 0 Å². The monoisotopic (exact) mass is 599 g/mol. The number of hydrogen-bond acceptors (Lipinski definition) is 8. The van der Waals surface area contributed by atoms with Crippen LogP contribution in [0.25, 0.3) is 0 Å². The van der Waals surface area contributed by atoms with Crippen molar-refractivity contribution in [1.29, 1.82) is 0 Å². The first-order valence-electron chi connectivity index (χ1n) is 15.5. The normalized spacial score (nSPS) is 15.9. The van der Waals surface area contributed by atoms with E-state index >= 15 is 0 Å². The molecule has 1 aliphatic rings. The Bertz CT molecular complexity index is 1440. The summed E-state index contributed by atoms with van der Waals surface area (Å²) in [5, 5.41) is 1.58. The molecular weight excluding hydrogens is 550 g/mol. The van der Waals surface area contributed by atoms with Gasteiger partial charge in [0.2, 0.25) is 0 Å². The van der Waals surface area contributed by atoms with Crippen LogP contribution in [0.5, 0.6) is 5.75 Å². The number of hydrogen-bond donors (Lipinski definition) is 2. The van der Waals surface area contributed by atoms with E-state index in [0.717, 1.165) is 35.7 Å². The Morgan fingerprint density at radius 2 is 1.93 bits per heavy atom. The van der Waals surface area contributed by atoms with Gasteiger partial charge in [-0.3, -0.25) is 14.7 Å². The minimum Gasteiger partial charge on any atom is -0.485 e. The number of hydrazine groups is 1. The zero-order valence-electron chi connectivity index (χ0n) is 27.2. The second-order valence-corrected chi connectivity index (χ2v) is 13.1. The van der Waals surface area contributed by atoms with Gasteiger partial charge in [-0.25, -0.2) is 5.84 Å². The number of pyridine rings is 1. The molecule has 8 nitrogen and oxygen atoms in total. The van der Waals surface area contributed by atoms with Crippen molar-refractivity contribution in [2.45, 2.75) is 85.6 Å². The average Bonchev–Trinajstić information content (AvgIpc) is 3.11. The van der Waals surface area contributed by atoms with Gasteiger partial charge in [0.15, 0.2) is 0 Å². The topological polar surface area (TPSA) is 107 Å². The number of esters is 1. The maximum atomic E-state index is 13.7. The van der Waals surface area contributed by atoms with Gasteiger partial charge in [-0.05, 0) is 94.7 Å². The summed E-state index contributed by atoms with van der Waals surface area (Å²) in [6, 6.07) is 20.2. The molecule has 1 unspecified atom stereocenters. The minimum absolute atomic E-state index is 0.142. The highest BCUT2D eigenvalue weighted by atomic mass is 16.5. The fourth-order valence-electron chi connectivity index (χ4n) is 5.88. The Balaban J connectivity index is 1.62. The van der Waals surface area contributed by atoms with Gasteiger partial charge in [0.25, 0.3) is 0 Å². The van der Waals surface area contributed by atoms with Crippen LogP contribution >= 0.6 is 0 Å². The number of allylic oxidation sites excluding steroid dienone is 1. The van der Waals surface area contributed by atoms with Gasteiger partial charge in [-0.15, -0.1) is 0 Å². The molecule has 236 valence electrons. The lowest BCUT2D eigenvalue weighted by Crippen LogP contribution is -2.40. The van der Waals surface area contributed by atoms with Crippen LogP contribution < -0.4 is 16.3 Å². The SMILES string of the molecule is CCN(N)/C=C(\N)CCC(c1ccc(C)c(CN2Cc3ncccc3OC(C)(C)C2)c1)C(C)(C)C(=O)OCc1ccccc1. The number of carbonyl (C=O) groups excluding carboxylic acids is 1. The molecule has 0 amide bonds. The zero-order valence-corrected chi connectivity index (χ0v) is 27.2. The van der Waals surface area contributed by atoms with Crippen LogP contribution in [0.15, 0.2) is 78.8 Å². The largest absolute Gasteiger partial charge is 0.485 e. The molecule has 0 radical (unpaired) electrons. The molecule has 2 heterocycles. The summed E-state index contributed by atoms with van der Waals surface area (Å²) in [5.74, 6) is 6.45. The van der Waals surface area contributed by atoms with Gasteiger partial charge in [-0.1, -0.05) is 48.5 Å². The summed E-state index contributed by atoms with van der Waals surface area (Å²) in [5.41, 5.74) is 11.3. The zero-order chi connectivity index (χ0) is 31.9. The van der Waals surface area contributed by atoms with E-state index < -0.39 is 5.41 Å². The maximum Gasteiger partial charge on any atom is 0.312 e. The first-order valence-corrected chi connectivity index (χ1v) is 15.5. The summed E-state index contributed by atoms with van der Waals surface area (Å²) in [6.07, 6.45) is 4.85. The van der Waals surface area contributed by atoms with Crippen molar-refractivity contribution in [1.82, 2.24) is 14.9 Å². The highest BCUT2D eigenvalue weighted by Gasteiger charge is 2.39. The second kappa shape index (κ2) is 14.3. The van der Waals surface area contributed by atoms with Crippen molar-refractivity contribution in [2.75, 3.05) is 13.1 Å². The van der Waals surface area contributed by atoms with Crippen molar-refractivity contribution in [3.8, 4) is 5.75 Å². The van der Waals surface area contributed by atoms with Gasteiger partial charge < -0.3 is 20.2 Å². The lowest BCUT2D eigenvalue weighted by molar-refractivity contribution is -0.156. The van der Waals surface area contributed by atoms with E-state index in [1.807, 2.05) is 69.4 Å². The van der Waals surface area contributed by atoms with Crippen molar-refractivity contribution in [2.24, 2.45) is 17.0 Å². The molecule has 1 aromatic heterocycles. The smallest absolute Gasteiger partial charge is 0.312 e. The summed E-state index contributed by atoms with van der Waals surface area (Å²) in [4.78, 5) is 20.7. The molecule has 8 heteroatoms. The van der Waals surface area contributed by atoms with E-state index in [-0.39, 0.29) is 24.1 Å². The van der Waals surface area contributed by atoms with Gasteiger partial charge >= 0.3 is 5.97 Å². The fourth-order valence-corrected chi connectivity index (χ4v) is 5.88. The standard InChI is InChI=1S/C36H49N5O3/c1-7-41(38)22-30(37)17-18-31(36(5,6)34(42)43-24-27-12-9-8-10-13-27)28-16-15-26(2)29(20-28)21-40-23-32-33(14-11-19-39-32)44-35(3,4)25-40/h8-16,19-20,22,31H,7,17-18,21,23-25,37-38H2,1-6H3/b30-22-. The van der Waals surface area contributed by atoms with Gasteiger partial charge in [0.1, 0.15) is 18.0 Å². The van der Waals surface area contributed by atoms with E-state index in [9.17, 15) is 4.79 Å². The third-order valence-corrected chi connectivity index (χ3v) is 8.41. The number of benzene rings is 2. The van der Waals surface area contributed by atoms with Crippen LogP contribution in [0.3, 0.4) is 0 Å². The summed E-state index contributed by atoms with van der Waals surface area (Å²) < 4.78 is 12.2. The van der Waals surface area contributed by atoms with E-state index in [0.29, 0.717) is 31.6 Å². The molecule has 4 N–H and O–H groups in total. The Labute approximate surface area is 263 Å². The molecule has 0 saturated carbocycles. The number of rotatable bonds is 12. The summed E-state index contributed by atoms with van der Waals surface area (Å²) in [7, 11) is 0. The maximum absolute atomic E-state index is 13.7. The Morgan fingerprint density at radius 3 is 2.66 bits per heavy atom. The van der Waals surface area contributed by atoms with Crippen LogP contribution in [-0.4, -0.2) is 39.6 Å². The third-order valence-electron chi connectivity index (χ3n) is 8.41. The summed E-state index contributed by atoms with van der Waals surface area (Å²) in [6.45, 7) is 15.4. The van der Waals surface area contributed by atoms with Crippen LogP contribution in [0.2, 0.25) is 0 Å². The Hall–Kier alpha value is -3.88. The molecule has 2 aromatic carbocycles. The van der Waals surface area contributed by atoms with Crippen LogP contribution in [0.1, 0.15) is 81.3 Å². The first-order chi connectivity index (χ1) is 20.9. The number of aromatic nitrogens is 1. The number of aryl methyl sites for hydroxylation is 1. The number of carbonyl (C=O) groups is 1. The number of ether oxygens (including phenoxy) is 2. The quantitative estimate of drug-likeness (QED) is 0.144. The molecular formula is C36H49N5O3. The van der Waals surface area contributed by atoms with E-state index in [1.54, 1.807) is 11.2 Å². The van der Waals surface area contributed by atoms with Gasteiger partial charge in [0.05, 0.1) is 11.1 Å². The molecule has 0 fully saturated rings. The lowest BCUT2D eigenvalue weighted by atomic mass is 9.72. The number of nitrogens with two attached hydrogens (primary N) is 2. The fraction of sp³-hybridized carbons (Fsp3) is 0.444. The predicted octanol–water partition coefficient (Wildman–Crippen LogP) is 6.19. The molecule has 0 saturated heterocycles. The van der Waals surface area contributed by atoms with E-state index in [1.165, 1.54) is 11.1 Å². The Morgan fingerprint density at radius 1 is 1.18 bits per heavy atom. The van der Waals surface area contributed by atoms with E-state index in [4.69, 9.17) is 21.1 Å². The molecule has 4 rings (SSSR count). The molecule has 0 bridgehead atoms. The van der Waals surface area contributed by atoms with Crippen molar-refractivity contribution in [3.63, 3.8) is 0 Å². The predicted molar refractivity (Wildman–Crippen MR) is 175 cm³/mol. The Kier molecular flexibility index (Phi) is 10.7. The minimum atomic E-state index is -0.809. The van der Waals surface area contributed by atoms with E-state index in [2.05, 4.69) is 48.9 Å². The molecule has 3 aromatic rings. The molecule has 1 aliphatic heterocycles. The van der Waals surface area contributed by atoms with Gasteiger partial charge in [0, 0.05) is 44.3 Å². The van der Waals surface area contributed by atoms with Crippen molar-refractivity contribution < 1.29 is 14.3 Å². The molecule has 0 spiro atoms. The number of nitrogens with zero attached hydrogens (tertiary/aromatic N) is 3. The molecule has 1 atom stereocenters. The highest BCUT2D eigenvalue weighted by molar-refractivity contribution is 5.77. The molecule has 0 aliphatic carbocycles. The number of fused-ring (bicyclic) bond motifs is 1. The first kappa shape index (κ1) is 33.0. The van der Waals surface area contributed by atoms with Crippen LogP contribution in [-0.2, 0) is 29.2 Å². The van der Waals surface area contributed by atoms with Crippen LogP contribution in [0, 0.1) is 12.3 Å². The second-order valence-electron chi connectivity index (χ2n) is 13.1.